The third kappa shape index (κ3) is 6.71. The Morgan fingerprint density at radius 3 is 2.62 bits per heavy atom. The summed E-state index contributed by atoms with van der Waals surface area (Å²) in [6, 6.07) is 0. The number of nitrogens with zero attached hydrogens (tertiary/aromatic N) is 2. The normalized spacial score (nSPS) is 17.0. The Morgan fingerprint density at radius 2 is 2.00 bits per heavy atom. The van der Waals surface area contributed by atoms with Crippen LogP contribution in [-0.2, 0) is 9.53 Å². The van der Waals surface area contributed by atoms with Crippen molar-refractivity contribution in [3.8, 4) is 0 Å². The third-order valence-corrected chi connectivity index (χ3v) is 3.87. The Kier molecular flexibility index (Phi) is 9.08. The Bertz CT molecular complexity index is 548. The Morgan fingerprint density at radius 1 is 1.29 bits per heavy atom. The summed E-state index contributed by atoms with van der Waals surface area (Å²) in [4.78, 5) is 15.9. The predicted molar refractivity (Wildman–Crippen MR) is 103 cm³/mol. The maximum atomic E-state index is 12.4. The molecule has 0 spiro atoms. The highest BCUT2D eigenvalue weighted by Crippen LogP contribution is 2.20. The van der Waals surface area contributed by atoms with Gasteiger partial charge in [0.2, 0.25) is 0 Å². The van der Waals surface area contributed by atoms with Crippen LogP contribution in [0.15, 0.2) is 48.4 Å². The molecule has 0 aromatic rings. The molecule has 0 atom stereocenters. The van der Waals surface area contributed by atoms with Gasteiger partial charge in [0, 0.05) is 20.6 Å². The molecule has 0 N–H and O–H groups in total. The van der Waals surface area contributed by atoms with Crippen molar-refractivity contribution >= 4 is 23.3 Å². The standard InChI is InChI=1S/C19H28N2O2S/c1-5-7-8-9-10-14-21-18(22)17(23-19(21)24)15-16(6-2)12-11-13-20(3)4/h6,11-13,15H,2,5,7-10,14H2,1,3-4H3/b13-11+,16-12+,17-15+. The number of hydrogen-bond acceptors (Lipinski definition) is 4. The van der Waals surface area contributed by atoms with Crippen LogP contribution in [0.5, 0.6) is 0 Å². The molecule has 4 nitrogen and oxygen atoms in total. The predicted octanol–water partition coefficient (Wildman–Crippen LogP) is 4.17. The smallest absolute Gasteiger partial charge is 0.297 e. The molecule has 24 heavy (non-hydrogen) atoms. The molecule has 0 aliphatic carbocycles. The largest absolute Gasteiger partial charge is 0.426 e. The molecule has 0 radical (unpaired) electrons. The summed E-state index contributed by atoms with van der Waals surface area (Å²) in [5.74, 6) is 0.0952. The Labute approximate surface area is 151 Å². The first-order valence-electron chi connectivity index (χ1n) is 8.42. The molecule has 5 heteroatoms. The Balaban J connectivity index is 2.68. The molecule has 132 valence electrons. The van der Waals surface area contributed by atoms with E-state index >= 15 is 0 Å². The fourth-order valence-electron chi connectivity index (χ4n) is 2.22. The van der Waals surface area contributed by atoms with Crippen molar-refractivity contribution < 1.29 is 9.53 Å². The summed E-state index contributed by atoms with van der Waals surface area (Å²) in [7, 11) is 3.88. The lowest BCUT2D eigenvalue weighted by atomic mass is 10.1. The van der Waals surface area contributed by atoms with Crippen molar-refractivity contribution in [2.24, 2.45) is 0 Å². The number of ether oxygens (including phenoxy) is 1. The van der Waals surface area contributed by atoms with Gasteiger partial charge >= 0.3 is 0 Å². The molecule has 0 bridgehead atoms. The molecule has 0 saturated carbocycles. The first-order valence-corrected chi connectivity index (χ1v) is 8.83. The summed E-state index contributed by atoms with van der Waals surface area (Å²) >= 11 is 5.18. The summed E-state index contributed by atoms with van der Waals surface area (Å²) in [5, 5.41) is 0.244. The minimum atomic E-state index is -0.167. The first-order chi connectivity index (χ1) is 11.5. The van der Waals surface area contributed by atoms with E-state index in [-0.39, 0.29) is 16.8 Å². The molecule has 0 aromatic carbocycles. The highest BCUT2D eigenvalue weighted by molar-refractivity contribution is 7.80. The summed E-state index contributed by atoms with van der Waals surface area (Å²) in [6.45, 7) is 6.57. The number of hydrogen-bond donors (Lipinski definition) is 0. The van der Waals surface area contributed by atoms with Gasteiger partial charge in [-0.2, -0.15) is 0 Å². The van der Waals surface area contributed by atoms with Crippen LogP contribution in [0.4, 0.5) is 0 Å². The monoisotopic (exact) mass is 348 g/mol. The van der Waals surface area contributed by atoms with Crippen LogP contribution >= 0.6 is 12.2 Å². The van der Waals surface area contributed by atoms with Crippen molar-refractivity contribution in [1.29, 1.82) is 0 Å². The molecular formula is C19H28N2O2S. The van der Waals surface area contributed by atoms with E-state index in [4.69, 9.17) is 17.0 Å². The zero-order chi connectivity index (χ0) is 17.9. The second kappa shape index (κ2) is 10.8. The van der Waals surface area contributed by atoms with Gasteiger partial charge in [0.1, 0.15) is 0 Å². The number of carbonyl (C=O) groups is 1. The lowest BCUT2D eigenvalue weighted by molar-refractivity contribution is -0.123. The van der Waals surface area contributed by atoms with Crippen molar-refractivity contribution in [2.75, 3.05) is 20.6 Å². The minimum Gasteiger partial charge on any atom is -0.426 e. The van der Waals surface area contributed by atoms with E-state index in [0.29, 0.717) is 6.54 Å². The van der Waals surface area contributed by atoms with Crippen LogP contribution < -0.4 is 0 Å². The second-order valence-corrected chi connectivity index (χ2v) is 6.27. The lowest BCUT2D eigenvalue weighted by Gasteiger charge is -2.11. The van der Waals surface area contributed by atoms with Crippen LogP contribution in [0, 0.1) is 0 Å². The molecule has 1 heterocycles. The fraction of sp³-hybridized carbons (Fsp3) is 0.474. The van der Waals surface area contributed by atoms with Gasteiger partial charge in [0.05, 0.1) is 0 Å². The molecule has 1 aliphatic heterocycles. The molecule has 1 amide bonds. The zero-order valence-corrected chi connectivity index (χ0v) is 15.8. The van der Waals surface area contributed by atoms with Crippen LogP contribution in [0.1, 0.15) is 39.0 Å². The Hall–Kier alpha value is -1.88. The molecule has 1 fully saturated rings. The molecule has 0 aromatic heterocycles. The van der Waals surface area contributed by atoms with Gasteiger partial charge in [-0.3, -0.25) is 9.69 Å². The molecular weight excluding hydrogens is 320 g/mol. The quantitative estimate of drug-likeness (QED) is 0.257. The fourth-order valence-corrected chi connectivity index (χ4v) is 2.48. The number of allylic oxidation sites excluding steroid dienone is 5. The van der Waals surface area contributed by atoms with E-state index < -0.39 is 0 Å². The van der Waals surface area contributed by atoms with Gasteiger partial charge in [-0.1, -0.05) is 51.3 Å². The maximum absolute atomic E-state index is 12.4. The molecule has 1 aliphatic rings. The van der Waals surface area contributed by atoms with E-state index in [1.807, 2.05) is 37.3 Å². The van der Waals surface area contributed by atoms with Crippen LogP contribution in [0.25, 0.3) is 0 Å². The first kappa shape index (κ1) is 20.2. The topological polar surface area (TPSA) is 32.8 Å². The van der Waals surface area contributed by atoms with Crippen molar-refractivity contribution in [1.82, 2.24) is 9.80 Å². The van der Waals surface area contributed by atoms with Crippen molar-refractivity contribution in [3.05, 3.63) is 48.4 Å². The van der Waals surface area contributed by atoms with Crippen LogP contribution in [-0.4, -0.2) is 41.5 Å². The highest BCUT2D eigenvalue weighted by Gasteiger charge is 2.32. The molecule has 1 saturated heterocycles. The molecule has 0 unspecified atom stereocenters. The van der Waals surface area contributed by atoms with Gasteiger partial charge in [-0.05, 0) is 42.6 Å². The van der Waals surface area contributed by atoms with Gasteiger partial charge in [0.15, 0.2) is 5.76 Å². The third-order valence-electron chi connectivity index (χ3n) is 3.57. The lowest BCUT2D eigenvalue weighted by Crippen LogP contribution is -2.29. The number of amides is 1. The number of carbonyl (C=O) groups excluding carboxylic acids is 1. The van der Waals surface area contributed by atoms with Crippen LogP contribution in [0.3, 0.4) is 0 Å². The van der Waals surface area contributed by atoms with E-state index in [1.165, 1.54) is 19.3 Å². The second-order valence-electron chi connectivity index (χ2n) is 5.92. The van der Waals surface area contributed by atoms with Gasteiger partial charge in [0.25, 0.3) is 11.1 Å². The summed E-state index contributed by atoms with van der Waals surface area (Å²) < 4.78 is 5.47. The highest BCUT2D eigenvalue weighted by atomic mass is 32.1. The summed E-state index contributed by atoms with van der Waals surface area (Å²) in [6.07, 6.45) is 14.7. The van der Waals surface area contributed by atoms with Crippen molar-refractivity contribution in [3.63, 3.8) is 0 Å². The SMILES string of the molecule is C=CC(=C\C=C\N(C)C)/C=C1/OC(=S)N(CCCCCCC)C1=O. The van der Waals surface area contributed by atoms with E-state index in [1.54, 1.807) is 17.1 Å². The van der Waals surface area contributed by atoms with E-state index in [2.05, 4.69) is 13.5 Å². The minimum absolute atomic E-state index is 0.167. The number of thiocarbonyl (C=S) groups is 1. The van der Waals surface area contributed by atoms with Gasteiger partial charge in [-0.15, -0.1) is 0 Å². The van der Waals surface area contributed by atoms with Crippen LogP contribution in [0.2, 0.25) is 0 Å². The maximum Gasteiger partial charge on any atom is 0.297 e. The average molecular weight is 349 g/mol. The zero-order valence-electron chi connectivity index (χ0n) is 15.0. The van der Waals surface area contributed by atoms with Gasteiger partial charge in [-0.25, -0.2) is 0 Å². The average Bonchev–Trinajstić information content (AvgIpc) is 2.80. The number of unbranched alkanes of at least 4 members (excludes halogenated alkanes) is 4. The number of rotatable bonds is 10. The van der Waals surface area contributed by atoms with E-state index in [9.17, 15) is 4.79 Å². The van der Waals surface area contributed by atoms with Crippen molar-refractivity contribution in [2.45, 2.75) is 39.0 Å². The molecule has 1 rings (SSSR count). The van der Waals surface area contributed by atoms with E-state index in [0.717, 1.165) is 18.4 Å². The summed E-state index contributed by atoms with van der Waals surface area (Å²) in [5.41, 5.74) is 0.795. The van der Waals surface area contributed by atoms with Gasteiger partial charge < -0.3 is 9.64 Å².